The van der Waals surface area contributed by atoms with Gasteiger partial charge in [-0.25, -0.2) is 0 Å². The Morgan fingerprint density at radius 2 is 1.86 bits per heavy atom. The van der Waals surface area contributed by atoms with Crippen LogP contribution in [0, 0.1) is 0 Å². The third-order valence-electron chi connectivity index (χ3n) is 0.0922. The van der Waals surface area contributed by atoms with Crippen molar-refractivity contribution in [1.29, 1.82) is 0 Å². The predicted octanol–water partition coefficient (Wildman–Crippen LogP) is -2.94. The Morgan fingerprint density at radius 3 is 1.86 bits per heavy atom. The summed E-state index contributed by atoms with van der Waals surface area (Å²) in [6.45, 7) is 0. The second-order valence-corrected chi connectivity index (χ2v) is 2.01. The first-order valence-corrected chi connectivity index (χ1v) is 2.64. The third-order valence-corrected chi connectivity index (χ3v) is 0.829. The van der Waals surface area contributed by atoms with Crippen molar-refractivity contribution >= 4 is 22.2 Å². The summed E-state index contributed by atoms with van der Waals surface area (Å²) in [5.41, 5.74) is 0. The molecule has 0 aliphatic heterocycles. The summed E-state index contributed by atoms with van der Waals surface area (Å²) in [6, 6.07) is 0. The maximum atomic E-state index is 10.8. The normalized spacial score (nSPS) is 10.0. The summed E-state index contributed by atoms with van der Waals surface area (Å²) in [4.78, 5) is 0. The van der Waals surface area contributed by atoms with Crippen LogP contribution < -0.4 is 33.8 Å². The molecule has 0 amide bonds. The van der Waals surface area contributed by atoms with Gasteiger partial charge in [0.25, 0.3) is 0 Å². The van der Waals surface area contributed by atoms with E-state index in [2.05, 4.69) is 11.8 Å². The quantitative estimate of drug-likeness (QED) is 0.252. The van der Waals surface area contributed by atoms with E-state index in [1.165, 1.54) is 0 Å². The first-order valence-electron chi connectivity index (χ1n) is 0.881. The number of hydrogen-bond donors (Lipinski definition) is 1. The van der Waals surface area contributed by atoms with E-state index in [0.29, 0.717) is 0 Å². The molecule has 0 saturated carbocycles. The van der Waals surface area contributed by atoms with Gasteiger partial charge >= 0.3 is 40.0 Å². The zero-order chi connectivity index (χ0) is 5.21. The van der Waals surface area contributed by atoms with Crippen molar-refractivity contribution in [3.05, 3.63) is 0 Å². The van der Waals surface area contributed by atoms with E-state index in [0.717, 1.165) is 4.24 Å². The molecule has 0 saturated heterocycles. The first-order chi connectivity index (χ1) is 2.56. The van der Waals surface area contributed by atoms with E-state index in [1.54, 1.807) is 0 Å². The molecule has 0 bridgehead atoms. The van der Waals surface area contributed by atoms with Gasteiger partial charge in [-0.15, -0.1) is 0 Å². The number of rotatable bonds is 1. The maximum absolute atomic E-state index is 10.8. The standard InChI is InChI=1S/ClFHNO2S.Na.H/c1-3-6(2,4)5;;/h3H;;/q;+1;-1. The van der Waals surface area contributed by atoms with Gasteiger partial charge < -0.3 is 1.43 Å². The van der Waals surface area contributed by atoms with Gasteiger partial charge in [-0.2, -0.15) is 8.42 Å². The Balaban J connectivity index is -0.000000125. The second-order valence-electron chi connectivity index (χ2n) is 0.515. The Bertz CT molecular complexity index is 124. The zero-order valence-corrected chi connectivity index (χ0v) is 7.05. The van der Waals surface area contributed by atoms with Crippen LogP contribution >= 0.6 is 11.8 Å². The summed E-state index contributed by atoms with van der Waals surface area (Å²) >= 11 is 4.26. The second kappa shape index (κ2) is 4.05. The van der Waals surface area contributed by atoms with Crippen LogP contribution in [0.4, 0.5) is 3.89 Å². The minimum atomic E-state index is -4.65. The van der Waals surface area contributed by atoms with Gasteiger partial charge in [0.15, 0.2) is 0 Å². The molecular formula is H2ClFNNaO2S. The molecule has 0 aromatic rings. The third kappa shape index (κ3) is 11.0. The van der Waals surface area contributed by atoms with Crippen LogP contribution in [0.25, 0.3) is 0 Å². The molecule has 0 aliphatic carbocycles. The van der Waals surface area contributed by atoms with Crippen LogP contribution in [0.2, 0.25) is 0 Å². The molecule has 0 unspecified atom stereocenters. The van der Waals surface area contributed by atoms with Crippen LogP contribution in [-0.2, 0) is 10.4 Å². The van der Waals surface area contributed by atoms with E-state index in [9.17, 15) is 3.89 Å². The Morgan fingerprint density at radius 1 is 1.71 bits per heavy atom. The summed E-state index contributed by atoms with van der Waals surface area (Å²) in [6.07, 6.45) is 0. The molecule has 0 radical (unpaired) electrons. The van der Waals surface area contributed by atoms with Crippen LogP contribution in [0.15, 0.2) is 0 Å². The van der Waals surface area contributed by atoms with Crippen molar-refractivity contribution in [2.45, 2.75) is 0 Å². The topological polar surface area (TPSA) is 46.2 Å². The average Bonchev–Trinajstić information content (AvgIpc) is 1.35. The van der Waals surface area contributed by atoms with Crippen LogP contribution in [-0.4, -0.2) is 8.42 Å². The van der Waals surface area contributed by atoms with Crippen molar-refractivity contribution in [3.63, 3.8) is 0 Å². The molecule has 1 N–H and O–H groups in total. The van der Waals surface area contributed by atoms with Crippen molar-refractivity contribution in [1.82, 2.24) is 4.24 Å². The fourth-order valence-electron chi connectivity index (χ4n) is 0. The van der Waals surface area contributed by atoms with Crippen molar-refractivity contribution in [2.24, 2.45) is 0 Å². The summed E-state index contributed by atoms with van der Waals surface area (Å²) in [5, 5.41) is 0. The van der Waals surface area contributed by atoms with Gasteiger partial charge in [0.05, 0.1) is 0 Å². The fourth-order valence-corrected chi connectivity index (χ4v) is 0. The molecule has 0 heterocycles. The molecule has 0 spiro atoms. The predicted molar refractivity (Wildman–Crippen MR) is 20.1 cm³/mol. The van der Waals surface area contributed by atoms with E-state index < -0.39 is 10.4 Å². The monoisotopic (exact) mass is 157 g/mol. The van der Waals surface area contributed by atoms with Gasteiger partial charge in [0.2, 0.25) is 0 Å². The molecule has 0 aromatic carbocycles. The van der Waals surface area contributed by atoms with Crippen LogP contribution in [0.1, 0.15) is 1.43 Å². The molecule has 7 heavy (non-hydrogen) atoms. The molecule has 0 aromatic heterocycles. The van der Waals surface area contributed by atoms with Gasteiger partial charge in [-0.3, -0.25) is 0 Å². The molecular weight excluding hydrogens is 156 g/mol. The van der Waals surface area contributed by atoms with E-state index in [-0.39, 0.29) is 31.0 Å². The van der Waals surface area contributed by atoms with Gasteiger partial charge in [0.1, 0.15) is 0 Å². The molecule has 0 rings (SSSR count). The molecule has 7 heteroatoms. The maximum Gasteiger partial charge on any atom is 1.00 e. The van der Waals surface area contributed by atoms with E-state index in [1.807, 2.05) is 0 Å². The molecule has 3 nitrogen and oxygen atoms in total. The molecule has 0 atom stereocenters. The van der Waals surface area contributed by atoms with Crippen LogP contribution in [0.3, 0.4) is 0 Å². The fraction of sp³-hybridized carbons (Fsp3) is 0. The number of nitrogens with one attached hydrogen (secondary N) is 1. The van der Waals surface area contributed by atoms with Crippen molar-refractivity contribution in [3.8, 4) is 0 Å². The Labute approximate surface area is 69.5 Å². The molecule has 40 valence electrons. The van der Waals surface area contributed by atoms with Gasteiger partial charge in [0, 0.05) is 0 Å². The largest absolute Gasteiger partial charge is 1.00 e. The SMILES string of the molecule is O=S(=O)(F)NCl.[H-].[Na+]. The van der Waals surface area contributed by atoms with Crippen molar-refractivity contribution in [2.75, 3.05) is 0 Å². The minimum absolute atomic E-state index is 0. The van der Waals surface area contributed by atoms with E-state index >= 15 is 0 Å². The van der Waals surface area contributed by atoms with Gasteiger partial charge in [-0.05, 0) is 11.8 Å². The smallest absolute Gasteiger partial charge is 1.00 e. The summed E-state index contributed by atoms with van der Waals surface area (Å²) < 4.78 is 29.9. The number of hydrogen-bond acceptors (Lipinski definition) is 2. The average molecular weight is 158 g/mol. The molecule has 0 fully saturated rings. The Kier molecular flexibility index (Phi) is 6.37. The minimum Gasteiger partial charge on any atom is -1.00 e. The Hall–Kier alpha value is 1.13. The van der Waals surface area contributed by atoms with Crippen LogP contribution in [0.5, 0.6) is 0 Å². The summed E-state index contributed by atoms with van der Waals surface area (Å²) in [7, 11) is -4.65. The zero-order valence-electron chi connectivity index (χ0n) is 4.48. The molecule has 0 aliphatic rings. The van der Waals surface area contributed by atoms with Crippen molar-refractivity contribution < 1.29 is 43.3 Å². The first kappa shape index (κ1) is 11.0. The summed E-state index contributed by atoms with van der Waals surface area (Å²) in [5.74, 6) is 0. The van der Waals surface area contributed by atoms with Gasteiger partial charge in [-0.1, -0.05) is 8.13 Å². The van der Waals surface area contributed by atoms with E-state index in [4.69, 9.17) is 8.42 Å². The number of halogens is 2.